The van der Waals surface area contributed by atoms with Crippen LogP contribution in [0, 0.1) is 11.8 Å². The highest BCUT2D eigenvalue weighted by Gasteiger charge is 2.45. The van der Waals surface area contributed by atoms with Crippen molar-refractivity contribution < 1.29 is 4.79 Å². The summed E-state index contributed by atoms with van der Waals surface area (Å²) in [5.74, 6) is 1.18. The second-order valence-corrected chi connectivity index (χ2v) is 8.03. The van der Waals surface area contributed by atoms with Crippen LogP contribution in [0.1, 0.15) is 37.1 Å². The summed E-state index contributed by atoms with van der Waals surface area (Å²) in [6.45, 7) is 0. The van der Waals surface area contributed by atoms with Crippen molar-refractivity contribution >= 4 is 29.2 Å². The molecule has 5 rings (SSSR count). The molecule has 0 bridgehead atoms. The van der Waals surface area contributed by atoms with Gasteiger partial charge in [0.25, 0.3) is 0 Å². The summed E-state index contributed by atoms with van der Waals surface area (Å²) in [5, 5.41) is 1.58. The second kappa shape index (κ2) is 5.72. The van der Waals surface area contributed by atoms with E-state index >= 15 is 0 Å². The minimum absolute atomic E-state index is 0.198. The molecule has 2 aromatic rings. The fraction of sp³-hybridized carbons (Fsp3) is 0.389. The molecule has 0 saturated heterocycles. The number of urea groups is 1. The lowest BCUT2D eigenvalue weighted by atomic mass is 9.68. The number of hydrogen-bond donors (Lipinski definition) is 1. The molecule has 2 atom stereocenters. The number of halogens is 2. The Bertz CT molecular complexity index is 1040. The normalized spacial score (nSPS) is 27.5. The van der Waals surface area contributed by atoms with Crippen molar-refractivity contribution in [3.05, 3.63) is 57.0 Å². The first-order chi connectivity index (χ1) is 12.5. The Balaban J connectivity index is 1.72. The molecule has 0 aromatic carbocycles. The summed E-state index contributed by atoms with van der Waals surface area (Å²) in [6.07, 6.45) is 7.96. The van der Waals surface area contributed by atoms with Crippen molar-refractivity contribution in [2.24, 2.45) is 21.8 Å². The van der Waals surface area contributed by atoms with Crippen LogP contribution in [0.2, 0.25) is 5.28 Å². The molecular formula is C18H15Cl2N5O. The molecule has 1 fully saturated rings. The first-order valence-electron chi connectivity index (χ1n) is 8.61. The molecular weight excluding hydrogens is 373 g/mol. The smallest absolute Gasteiger partial charge is 0.341 e. The van der Waals surface area contributed by atoms with Crippen LogP contribution < -0.4 is 10.8 Å². The maximum Gasteiger partial charge on any atom is 0.369 e. The maximum atomic E-state index is 11.4. The number of aromatic nitrogens is 3. The zero-order valence-corrected chi connectivity index (χ0v) is 15.3. The number of carbonyl (C=O) groups is 1. The fourth-order valence-electron chi connectivity index (χ4n) is 4.18. The summed E-state index contributed by atoms with van der Waals surface area (Å²) in [5.41, 5.74) is 1.59. The van der Waals surface area contributed by atoms with Crippen molar-refractivity contribution in [1.29, 1.82) is 0 Å². The van der Waals surface area contributed by atoms with Crippen LogP contribution in [-0.4, -0.2) is 21.0 Å². The molecule has 0 radical (unpaired) electrons. The molecule has 1 saturated carbocycles. The minimum Gasteiger partial charge on any atom is -0.341 e. The van der Waals surface area contributed by atoms with E-state index in [1.807, 2.05) is 12.1 Å². The van der Waals surface area contributed by atoms with Crippen LogP contribution in [0.15, 0.2) is 39.4 Å². The first-order valence-corrected chi connectivity index (χ1v) is 9.36. The van der Waals surface area contributed by atoms with Gasteiger partial charge < -0.3 is 4.98 Å². The summed E-state index contributed by atoms with van der Waals surface area (Å²) >= 11 is 12.7. The highest BCUT2D eigenvalue weighted by atomic mass is 35.5. The van der Waals surface area contributed by atoms with Gasteiger partial charge in [-0.2, -0.15) is 9.98 Å². The Morgan fingerprint density at radius 1 is 1.19 bits per heavy atom. The van der Waals surface area contributed by atoms with E-state index < -0.39 is 11.4 Å². The zero-order chi connectivity index (χ0) is 17.9. The molecule has 26 heavy (non-hydrogen) atoms. The molecule has 6 nitrogen and oxygen atoms in total. The average molecular weight is 388 g/mol. The number of hydrogen-bond acceptors (Lipinski definition) is 3. The van der Waals surface area contributed by atoms with E-state index in [1.54, 1.807) is 6.20 Å². The summed E-state index contributed by atoms with van der Waals surface area (Å²) < 4.78 is 0. The van der Waals surface area contributed by atoms with Crippen LogP contribution in [-0.2, 0) is 5.41 Å². The van der Waals surface area contributed by atoms with Crippen LogP contribution in [0.4, 0.5) is 4.79 Å². The summed E-state index contributed by atoms with van der Waals surface area (Å²) in [7, 11) is 0. The third kappa shape index (κ3) is 2.59. The Kier molecular flexibility index (Phi) is 3.56. The maximum absolute atomic E-state index is 11.4. The number of nitrogens with one attached hydrogen (secondary N) is 1. The van der Waals surface area contributed by atoms with Crippen molar-refractivity contribution in [2.45, 2.75) is 31.1 Å². The first kappa shape index (κ1) is 16.1. The van der Waals surface area contributed by atoms with Crippen molar-refractivity contribution in [2.75, 3.05) is 0 Å². The van der Waals surface area contributed by atoms with Crippen LogP contribution in [0.3, 0.4) is 0 Å². The highest BCUT2D eigenvalue weighted by Crippen LogP contribution is 2.52. The van der Waals surface area contributed by atoms with Gasteiger partial charge in [-0.1, -0.05) is 17.7 Å². The molecule has 132 valence electrons. The molecule has 0 spiro atoms. The zero-order valence-electron chi connectivity index (χ0n) is 13.7. The number of amides is 2. The molecule has 3 aliphatic rings. The van der Waals surface area contributed by atoms with Gasteiger partial charge in [-0.15, -0.1) is 0 Å². The predicted molar refractivity (Wildman–Crippen MR) is 95.7 cm³/mol. The molecule has 8 heteroatoms. The van der Waals surface area contributed by atoms with Crippen LogP contribution >= 0.6 is 23.2 Å². The third-order valence-corrected chi connectivity index (χ3v) is 5.94. The molecule has 2 aromatic heterocycles. The number of rotatable bonds is 3. The molecule has 3 heterocycles. The monoisotopic (exact) mass is 387 g/mol. The lowest BCUT2D eigenvalue weighted by Crippen LogP contribution is -2.34. The van der Waals surface area contributed by atoms with Gasteiger partial charge in [0.15, 0.2) is 5.49 Å². The summed E-state index contributed by atoms with van der Waals surface area (Å²) in [6, 6.07) is 3.26. The largest absolute Gasteiger partial charge is 0.369 e. The number of fused-ring (bicyclic) bond motifs is 1. The highest BCUT2D eigenvalue weighted by molar-refractivity contribution is 6.29. The lowest BCUT2D eigenvalue weighted by Gasteiger charge is -2.37. The van der Waals surface area contributed by atoms with E-state index in [0.717, 1.165) is 29.3 Å². The molecule has 1 aliphatic heterocycles. The van der Waals surface area contributed by atoms with Gasteiger partial charge in [0.1, 0.15) is 5.36 Å². The second-order valence-electron chi connectivity index (χ2n) is 7.20. The Morgan fingerprint density at radius 3 is 2.77 bits per heavy atom. The molecule has 2 aliphatic carbocycles. The number of carbonyl (C=O) groups excluding carboxylic acids is 1. The number of H-pyrrole nitrogens is 1. The van der Waals surface area contributed by atoms with E-state index in [4.69, 9.17) is 23.2 Å². The Labute approximate surface area is 159 Å². The quantitative estimate of drug-likeness (QED) is 0.821. The lowest BCUT2D eigenvalue weighted by molar-refractivity contribution is 0.256. The fourth-order valence-corrected chi connectivity index (χ4v) is 4.71. The molecule has 2 unspecified atom stereocenters. The van der Waals surface area contributed by atoms with Crippen molar-refractivity contribution in [1.82, 2.24) is 15.0 Å². The number of nitrogens with zero attached hydrogens (tertiary/aromatic N) is 4. The average Bonchev–Trinajstić information content (AvgIpc) is 3.29. The van der Waals surface area contributed by atoms with Gasteiger partial charge >= 0.3 is 6.03 Å². The van der Waals surface area contributed by atoms with Gasteiger partial charge in [-0.05, 0) is 61.3 Å². The van der Waals surface area contributed by atoms with E-state index in [1.165, 1.54) is 12.8 Å². The van der Waals surface area contributed by atoms with Gasteiger partial charge in [-0.25, -0.2) is 14.8 Å². The molecule has 1 N–H and O–H groups in total. The molecule has 2 amide bonds. The summed E-state index contributed by atoms with van der Waals surface area (Å²) in [4.78, 5) is 31.1. The topological polar surface area (TPSA) is 83.4 Å². The number of aromatic amines is 1. The van der Waals surface area contributed by atoms with Crippen LogP contribution in [0.5, 0.6) is 0 Å². The third-order valence-electron chi connectivity index (χ3n) is 5.50. The van der Waals surface area contributed by atoms with E-state index in [9.17, 15) is 4.79 Å². The van der Waals surface area contributed by atoms with Gasteiger partial charge in [0.05, 0.1) is 11.1 Å². The standard InChI is InChI=1S/C18H15Cl2N5O/c19-11-5-10(9-1-2-9)7-18(8-11,13-3-4-21-16(20)24-13)14-6-12-15(23-14)25-17(26)22-12/h3-4,6,8-10H,1-2,5,7H2,(H,22,23,25,26). The van der Waals surface area contributed by atoms with Crippen molar-refractivity contribution in [3.63, 3.8) is 0 Å². The predicted octanol–water partition coefficient (Wildman–Crippen LogP) is 3.06. The van der Waals surface area contributed by atoms with E-state index in [-0.39, 0.29) is 5.28 Å². The minimum atomic E-state index is -0.562. The number of allylic oxidation sites excluding steroid dienone is 2. The Hall–Kier alpha value is -2.05. The van der Waals surface area contributed by atoms with Crippen molar-refractivity contribution in [3.8, 4) is 0 Å². The van der Waals surface area contributed by atoms with Crippen LogP contribution in [0.25, 0.3) is 0 Å². The SMILES string of the molecule is O=C1N=c2cc(C3(c4ccnc(Cl)n4)C=C(Cl)CC(C4CC4)C3)[nH]c2=N1. The van der Waals surface area contributed by atoms with Gasteiger partial charge in [-0.3, -0.25) is 0 Å². The Morgan fingerprint density at radius 2 is 2.04 bits per heavy atom. The van der Waals surface area contributed by atoms with Gasteiger partial charge in [0, 0.05) is 16.9 Å². The van der Waals surface area contributed by atoms with E-state index in [0.29, 0.717) is 22.7 Å². The van der Waals surface area contributed by atoms with E-state index in [2.05, 4.69) is 31.0 Å². The van der Waals surface area contributed by atoms with Gasteiger partial charge in [0.2, 0.25) is 5.28 Å².